The molecule has 3 fully saturated rings. The van der Waals surface area contributed by atoms with E-state index in [0.29, 0.717) is 12.0 Å². The molecule has 1 aromatic carbocycles. The van der Waals surface area contributed by atoms with Gasteiger partial charge in [0.2, 0.25) is 5.91 Å². The van der Waals surface area contributed by atoms with Gasteiger partial charge in [0.1, 0.15) is 0 Å². The molecule has 142 valence electrons. The first-order valence-electron chi connectivity index (χ1n) is 10.0. The highest BCUT2D eigenvalue weighted by atomic mass is 35.5. The Hall–Kier alpha value is -1.10. The molecule has 2 saturated heterocycles. The lowest BCUT2D eigenvalue weighted by Crippen LogP contribution is -2.48. The number of nitrogens with one attached hydrogen (secondary N) is 1. The van der Waals surface area contributed by atoms with Crippen LogP contribution in [0.4, 0.5) is 0 Å². The predicted octanol–water partition coefficient (Wildman–Crippen LogP) is 3.38. The maximum Gasteiger partial charge on any atom is 0.230 e. The largest absolute Gasteiger partial charge is 0.381 e. The van der Waals surface area contributed by atoms with Crippen LogP contribution in [-0.2, 0) is 14.9 Å². The first kappa shape index (κ1) is 18.3. The zero-order valence-electron chi connectivity index (χ0n) is 15.4. The summed E-state index contributed by atoms with van der Waals surface area (Å²) < 4.78 is 5.50. The molecule has 5 heteroatoms. The lowest BCUT2D eigenvalue weighted by molar-refractivity contribution is -0.123. The van der Waals surface area contributed by atoms with Gasteiger partial charge in [0.05, 0.1) is 5.41 Å². The molecular formula is C21H29ClN2O2. The molecule has 4 nitrogen and oxygen atoms in total. The number of rotatable bonds is 5. The minimum Gasteiger partial charge on any atom is -0.381 e. The van der Waals surface area contributed by atoms with Crippen LogP contribution in [0.3, 0.4) is 0 Å². The molecule has 4 rings (SSSR count). The maximum absolute atomic E-state index is 12.9. The minimum absolute atomic E-state index is 0.197. The van der Waals surface area contributed by atoms with Crippen LogP contribution >= 0.6 is 11.6 Å². The molecule has 26 heavy (non-hydrogen) atoms. The zero-order chi connectivity index (χ0) is 18.0. The Morgan fingerprint density at radius 1 is 1.19 bits per heavy atom. The van der Waals surface area contributed by atoms with Gasteiger partial charge in [0.15, 0.2) is 0 Å². The van der Waals surface area contributed by atoms with E-state index in [1.807, 2.05) is 24.3 Å². The van der Waals surface area contributed by atoms with Crippen LogP contribution in [0, 0.1) is 5.92 Å². The number of likely N-dealkylation sites (tertiary alicyclic amines) is 1. The van der Waals surface area contributed by atoms with Crippen molar-refractivity contribution in [3.05, 3.63) is 34.9 Å². The summed E-state index contributed by atoms with van der Waals surface area (Å²) in [6.07, 6.45) is 6.64. The standard InChI is InChI=1S/C21H29ClN2O2/c22-18-5-3-17(4-6-18)21(9-10-21)20(25)23-14-16-2-1-11-24(15-16)19-7-12-26-13-8-19/h3-6,16,19H,1-2,7-15H2,(H,23,25)/t16-/m0/s1. The van der Waals surface area contributed by atoms with Crippen LogP contribution in [0.25, 0.3) is 0 Å². The molecule has 0 spiro atoms. The molecule has 1 atom stereocenters. The Kier molecular flexibility index (Phi) is 5.53. The van der Waals surface area contributed by atoms with Crippen molar-refractivity contribution in [2.75, 3.05) is 32.8 Å². The predicted molar refractivity (Wildman–Crippen MR) is 104 cm³/mol. The normalized spacial score (nSPS) is 26.4. The van der Waals surface area contributed by atoms with Crippen LogP contribution in [0.15, 0.2) is 24.3 Å². The van der Waals surface area contributed by atoms with Gasteiger partial charge in [0, 0.05) is 37.4 Å². The van der Waals surface area contributed by atoms with Crippen LogP contribution in [-0.4, -0.2) is 49.7 Å². The smallest absolute Gasteiger partial charge is 0.230 e. The summed E-state index contributed by atoms with van der Waals surface area (Å²) in [6, 6.07) is 8.45. The summed E-state index contributed by atoms with van der Waals surface area (Å²) in [5, 5.41) is 3.99. The van der Waals surface area contributed by atoms with E-state index in [1.165, 1.54) is 19.4 Å². The topological polar surface area (TPSA) is 41.6 Å². The number of piperidine rings is 1. The van der Waals surface area contributed by atoms with Crippen molar-refractivity contribution < 1.29 is 9.53 Å². The SMILES string of the molecule is O=C(NC[C@@H]1CCCN(C2CCOCC2)C1)C1(c2ccc(Cl)cc2)CC1. The molecule has 0 radical (unpaired) electrons. The average Bonchev–Trinajstić information content (AvgIpc) is 3.50. The number of benzene rings is 1. The summed E-state index contributed by atoms with van der Waals surface area (Å²) in [5.74, 6) is 0.763. The number of halogens is 1. The van der Waals surface area contributed by atoms with Crippen molar-refractivity contribution in [2.24, 2.45) is 5.92 Å². The molecule has 2 aliphatic heterocycles. The number of nitrogens with zero attached hydrogens (tertiary/aromatic N) is 1. The van der Waals surface area contributed by atoms with Crippen molar-refractivity contribution in [1.82, 2.24) is 10.2 Å². The van der Waals surface area contributed by atoms with Gasteiger partial charge < -0.3 is 10.1 Å². The molecule has 1 N–H and O–H groups in total. The Bertz CT molecular complexity index is 623. The van der Waals surface area contributed by atoms with Crippen molar-refractivity contribution >= 4 is 17.5 Å². The van der Waals surface area contributed by atoms with E-state index < -0.39 is 0 Å². The van der Waals surface area contributed by atoms with Gasteiger partial charge in [-0.2, -0.15) is 0 Å². The molecule has 0 aromatic heterocycles. The van der Waals surface area contributed by atoms with E-state index in [9.17, 15) is 4.79 Å². The quantitative estimate of drug-likeness (QED) is 0.856. The van der Waals surface area contributed by atoms with Gasteiger partial charge in [-0.1, -0.05) is 23.7 Å². The second-order valence-corrected chi connectivity index (χ2v) is 8.58. The highest BCUT2D eigenvalue weighted by molar-refractivity contribution is 6.30. The first-order chi connectivity index (χ1) is 12.7. The lowest BCUT2D eigenvalue weighted by Gasteiger charge is -2.40. The summed E-state index contributed by atoms with van der Waals surface area (Å²) in [7, 11) is 0. The molecule has 1 amide bonds. The molecule has 1 aromatic rings. The monoisotopic (exact) mass is 376 g/mol. The molecule has 1 saturated carbocycles. The highest BCUT2D eigenvalue weighted by Gasteiger charge is 2.51. The summed E-state index contributed by atoms with van der Waals surface area (Å²) in [4.78, 5) is 15.5. The highest BCUT2D eigenvalue weighted by Crippen LogP contribution is 2.48. The number of hydrogen-bond acceptors (Lipinski definition) is 3. The summed E-state index contributed by atoms with van der Waals surface area (Å²) in [6.45, 7) is 4.90. The van der Waals surface area contributed by atoms with Crippen LogP contribution in [0.5, 0.6) is 0 Å². The van der Waals surface area contributed by atoms with Gasteiger partial charge in [0.25, 0.3) is 0 Å². The maximum atomic E-state index is 12.9. The number of amides is 1. The van der Waals surface area contributed by atoms with Crippen molar-refractivity contribution in [3.63, 3.8) is 0 Å². The fraction of sp³-hybridized carbons (Fsp3) is 0.667. The minimum atomic E-state index is -0.306. The Morgan fingerprint density at radius 3 is 2.62 bits per heavy atom. The Labute approximate surface area is 161 Å². The van der Waals surface area contributed by atoms with Crippen LogP contribution in [0.1, 0.15) is 44.1 Å². The summed E-state index contributed by atoms with van der Waals surface area (Å²) in [5.41, 5.74) is 0.798. The third kappa shape index (κ3) is 3.92. The number of ether oxygens (including phenoxy) is 1. The first-order valence-corrected chi connectivity index (χ1v) is 10.4. The Balaban J connectivity index is 1.30. The molecule has 3 aliphatic rings. The number of hydrogen-bond donors (Lipinski definition) is 1. The second kappa shape index (κ2) is 7.87. The average molecular weight is 377 g/mol. The van der Waals surface area contributed by atoms with Crippen molar-refractivity contribution in [1.29, 1.82) is 0 Å². The van der Waals surface area contributed by atoms with E-state index >= 15 is 0 Å². The third-order valence-corrected chi connectivity index (χ3v) is 6.64. The lowest BCUT2D eigenvalue weighted by atomic mass is 9.93. The van der Waals surface area contributed by atoms with Gasteiger partial charge in [-0.05, 0) is 68.7 Å². The van der Waals surface area contributed by atoms with Gasteiger partial charge >= 0.3 is 0 Å². The van der Waals surface area contributed by atoms with E-state index in [-0.39, 0.29) is 11.3 Å². The van der Waals surface area contributed by atoms with Crippen LogP contribution in [0.2, 0.25) is 5.02 Å². The fourth-order valence-electron chi connectivity index (χ4n) is 4.59. The van der Waals surface area contributed by atoms with E-state index in [0.717, 1.165) is 62.6 Å². The Morgan fingerprint density at radius 2 is 1.92 bits per heavy atom. The van der Waals surface area contributed by atoms with Crippen LogP contribution < -0.4 is 5.32 Å². The van der Waals surface area contributed by atoms with Crippen molar-refractivity contribution in [3.8, 4) is 0 Å². The summed E-state index contributed by atoms with van der Waals surface area (Å²) >= 11 is 5.99. The van der Waals surface area contributed by atoms with E-state index in [2.05, 4.69) is 10.2 Å². The van der Waals surface area contributed by atoms with Crippen molar-refractivity contribution in [2.45, 2.75) is 50.0 Å². The van der Waals surface area contributed by atoms with E-state index in [1.54, 1.807) is 0 Å². The second-order valence-electron chi connectivity index (χ2n) is 8.15. The third-order valence-electron chi connectivity index (χ3n) is 6.39. The zero-order valence-corrected chi connectivity index (χ0v) is 16.1. The number of carbonyl (C=O) groups is 1. The molecular weight excluding hydrogens is 348 g/mol. The molecule has 2 heterocycles. The molecule has 1 aliphatic carbocycles. The molecule has 0 unspecified atom stereocenters. The van der Waals surface area contributed by atoms with E-state index in [4.69, 9.17) is 16.3 Å². The fourth-order valence-corrected chi connectivity index (χ4v) is 4.72. The number of carbonyl (C=O) groups excluding carboxylic acids is 1. The van der Waals surface area contributed by atoms with Gasteiger partial charge in [-0.3, -0.25) is 9.69 Å². The molecule has 0 bridgehead atoms. The van der Waals surface area contributed by atoms with Gasteiger partial charge in [-0.25, -0.2) is 0 Å². The van der Waals surface area contributed by atoms with Gasteiger partial charge in [-0.15, -0.1) is 0 Å².